The first kappa shape index (κ1) is 18.3. The second-order valence-corrected chi connectivity index (χ2v) is 6.36. The number of nitriles is 1. The minimum atomic E-state index is -0.642. The zero-order chi connectivity index (χ0) is 17.3. The molecule has 1 heterocycles. The third-order valence-corrected chi connectivity index (χ3v) is 4.29. The Hall–Kier alpha value is -2.06. The van der Waals surface area contributed by atoms with Gasteiger partial charge in [0.1, 0.15) is 0 Å². The predicted octanol–water partition coefficient (Wildman–Crippen LogP) is 3.75. The van der Waals surface area contributed by atoms with Crippen LogP contribution in [-0.4, -0.2) is 37.3 Å². The van der Waals surface area contributed by atoms with Crippen LogP contribution in [0, 0.1) is 16.7 Å². The lowest BCUT2D eigenvalue weighted by Crippen LogP contribution is -2.47. The van der Waals surface area contributed by atoms with Crippen LogP contribution in [0.4, 0.5) is 4.79 Å². The van der Waals surface area contributed by atoms with Gasteiger partial charge in [-0.05, 0) is 24.8 Å². The van der Waals surface area contributed by atoms with Crippen LogP contribution in [-0.2, 0) is 16.1 Å². The van der Waals surface area contributed by atoms with Crippen LogP contribution in [0.25, 0.3) is 0 Å². The molecule has 1 unspecified atom stereocenters. The van der Waals surface area contributed by atoms with Crippen LogP contribution in [0.1, 0.15) is 38.2 Å². The second-order valence-electron chi connectivity index (χ2n) is 6.36. The Labute approximate surface area is 144 Å². The minimum Gasteiger partial charge on any atom is -0.449 e. The van der Waals surface area contributed by atoms with Gasteiger partial charge in [-0.25, -0.2) is 4.79 Å². The van der Waals surface area contributed by atoms with Gasteiger partial charge in [-0.2, -0.15) is 5.26 Å². The van der Waals surface area contributed by atoms with Gasteiger partial charge in [0.2, 0.25) is 0 Å². The fourth-order valence-electron chi connectivity index (χ4n) is 2.86. The lowest BCUT2D eigenvalue weighted by molar-refractivity contribution is 0.0133. The molecule has 0 spiro atoms. The Bertz CT molecular complexity index is 555. The summed E-state index contributed by atoms with van der Waals surface area (Å²) >= 11 is 0. The summed E-state index contributed by atoms with van der Waals surface area (Å²) < 4.78 is 11.0. The number of likely N-dealkylation sites (tertiary alicyclic amines) is 1. The van der Waals surface area contributed by atoms with Crippen molar-refractivity contribution >= 4 is 6.09 Å². The maximum absolute atomic E-state index is 12.1. The molecule has 0 N–H and O–H groups in total. The van der Waals surface area contributed by atoms with E-state index in [4.69, 9.17) is 9.47 Å². The number of ether oxygens (including phenoxy) is 2. The molecular weight excluding hydrogens is 304 g/mol. The van der Waals surface area contributed by atoms with E-state index in [1.807, 2.05) is 30.3 Å². The summed E-state index contributed by atoms with van der Waals surface area (Å²) in [6.07, 6.45) is 3.08. The summed E-state index contributed by atoms with van der Waals surface area (Å²) in [6.45, 7) is 4.33. The van der Waals surface area contributed by atoms with Crippen molar-refractivity contribution in [1.29, 1.82) is 5.26 Å². The molecule has 1 aliphatic heterocycles. The van der Waals surface area contributed by atoms with E-state index in [2.05, 4.69) is 13.0 Å². The van der Waals surface area contributed by atoms with E-state index in [0.717, 1.165) is 31.2 Å². The van der Waals surface area contributed by atoms with Crippen molar-refractivity contribution in [3.05, 3.63) is 35.9 Å². The molecule has 2 rings (SSSR count). The number of carbonyl (C=O) groups excluding carboxylic acids is 1. The number of piperidine rings is 1. The van der Waals surface area contributed by atoms with Crippen molar-refractivity contribution in [3.8, 4) is 6.07 Å². The van der Waals surface area contributed by atoms with Crippen molar-refractivity contribution in [2.75, 3.05) is 26.3 Å². The number of amides is 1. The Morgan fingerprint density at radius 3 is 2.88 bits per heavy atom. The molecule has 0 saturated carbocycles. The highest BCUT2D eigenvalue weighted by Crippen LogP contribution is 2.30. The number of benzene rings is 1. The third kappa shape index (κ3) is 5.24. The highest BCUT2D eigenvalue weighted by atomic mass is 16.6. The van der Waals surface area contributed by atoms with Crippen molar-refractivity contribution < 1.29 is 14.3 Å². The molecule has 130 valence electrons. The molecule has 0 bridgehead atoms. The average Bonchev–Trinajstić information content (AvgIpc) is 2.63. The number of hydrogen-bond acceptors (Lipinski definition) is 4. The second kappa shape index (κ2) is 9.29. The van der Waals surface area contributed by atoms with Gasteiger partial charge in [0.05, 0.1) is 31.3 Å². The summed E-state index contributed by atoms with van der Waals surface area (Å²) in [5.74, 6) is 0. The van der Waals surface area contributed by atoms with Crippen molar-refractivity contribution in [3.63, 3.8) is 0 Å². The molecule has 1 fully saturated rings. The molecule has 0 aliphatic carbocycles. The van der Waals surface area contributed by atoms with E-state index < -0.39 is 5.41 Å². The SMILES string of the molecule is CCCCOC(=O)N1CCCC(C#N)(COCc2ccccc2)C1. The van der Waals surface area contributed by atoms with E-state index in [-0.39, 0.29) is 6.09 Å². The molecule has 1 aromatic rings. The maximum Gasteiger partial charge on any atom is 0.409 e. The Balaban J connectivity index is 1.86. The molecule has 1 aromatic carbocycles. The quantitative estimate of drug-likeness (QED) is 0.714. The zero-order valence-electron chi connectivity index (χ0n) is 14.4. The fraction of sp³-hybridized carbons (Fsp3) is 0.579. The first-order chi connectivity index (χ1) is 11.7. The Kier molecular flexibility index (Phi) is 7.07. The third-order valence-electron chi connectivity index (χ3n) is 4.29. The maximum atomic E-state index is 12.1. The monoisotopic (exact) mass is 330 g/mol. The van der Waals surface area contributed by atoms with Gasteiger partial charge in [-0.1, -0.05) is 43.7 Å². The Morgan fingerprint density at radius 2 is 2.17 bits per heavy atom. The molecule has 1 saturated heterocycles. The highest BCUT2D eigenvalue weighted by molar-refractivity contribution is 5.67. The molecule has 1 aliphatic rings. The number of nitrogens with zero attached hydrogens (tertiary/aromatic N) is 2. The highest BCUT2D eigenvalue weighted by Gasteiger charge is 2.38. The average molecular weight is 330 g/mol. The molecule has 0 radical (unpaired) electrons. The zero-order valence-corrected chi connectivity index (χ0v) is 14.4. The van der Waals surface area contributed by atoms with Crippen LogP contribution in [0.2, 0.25) is 0 Å². The van der Waals surface area contributed by atoms with Gasteiger partial charge < -0.3 is 14.4 Å². The first-order valence-electron chi connectivity index (χ1n) is 8.64. The van der Waals surface area contributed by atoms with Crippen molar-refractivity contribution in [2.24, 2.45) is 5.41 Å². The number of carbonyl (C=O) groups is 1. The number of rotatable bonds is 7. The van der Waals surface area contributed by atoms with Gasteiger partial charge in [-0.15, -0.1) is 0 Å². The van der Waals surface area contributed by atoms with Crippen molar-refractivity contribution in [1.82, 2.24) is 4.90 Å². The molecule has 0 aromatic heterocycles. The van der Waals surface area contributed by atoms with Crippen LogP contribution < -0.4 is 0 Å². The van der Waals surface area contributed by atoms with Crippen LogP contribution >= 0.6 is 0 Å². The first-order valence-corrected chi connectivity index (χ1v) is 8.64. The van der Waals surface area contributed by atoms with Crippen LogP contribution in [0.15, 0.2) is 30.3 Å². The summed E-state index contributed by atoms with van der Waals surface area (Å²) in [6, 6.07) is 12.3. The topological polar surface area (TPSA) is 62.6 Å². The number of unbranched alkanes of at least 4 members (excludes halogenated alkanes) is 1. The summed E-state index contributed by atoms with van der Waals surface area (Å²) in [4.78, 5) is 13.8. The predicted molar refractivity (Wildman–Crippen MR) is 91.2 cm³/mol. The molecule has 24 heavy (non-hydrogen) atoms. The number of hydrogen-bond donors (Lipinski definition) is 0. The lowest BCUT2D eigenvalue weighted by Gasteiger charge is -2.37. The smallest absolute Gasteiger partial charge is 0.409 e. The van der Waals surface area contributed by atoms with E-state index in [0.29, 0.717) is 32.9 Å². The van der Waals surface area contributed by atoms with Gasteiger partial charge >= 0.3 is 6.09 Å². The molecule has 1 amide bonds. The standard InChI is InChI=1S/C19H26N2O3/c1-2-3-12-24-18(22)21-11-7-10-19(14-20,15-21)16-23-13-17-8-5-4-6-9-17/h4-6,8-9H,2-3,7,10-13,15-16H2,1H3. The Morgan fingerprint density at radius 1 is 1.38 bits per heavy atom. The van der Waals surface area contributed by atoms with Gasteiger partial charge in [0.15, 0.2) is 0 Å². The summed E-state index contributed by atoms with van der Waals surface area (Å²) in [5, 5.41) is 9.64. The molecule has 5 heteroatoms. The summed E-state index contributed by atoms with van der Waals surface area (Å²) in [5.41, 5.74) is 0.439. The van der Waals surface area contributed by atoms with Gasteiger partial charge in [0, 0.05) is 13.1 Å². The van der Waals surface area contributed by atoms with Crippen LogP contribution in [0.3, 0.4) is 0 Å². The molecule has 5 nitrogen and oxygen atoms in total. The van der Waals surface area contributed by atoms with Gasteiger partial charge in [-0.3, -0.25) is 0 Å². The molecular formula is C19H26N2O3. The van der Waals surface area contributed by atoms with E-state index >= 15 is 0 Å². The fourth-order valence-corrected chi connectivity index (χ4v) is 2.86. The lowest BCUT2D eigenvalue weighted by atomic mass is 9.82. The van der Waals surface area contributed by atoms with E-state index in [9.17, 15) is 10.1 Å². The largest absolute Gasteiger partial charge is 0.449 e. The normalized spacial score (nSPS) is 20.4. The molecule has 1 atom stereocenters. The van der Waals surface area contributed by atoms with Crippen molar-refractivity contribution in [2.45, 2.75) is 39.2 Å². The van der Waals surface area contributed by atoms with E-state index in [1.165, 1.54) is 0 Å². The van der Waals surface area contributed by atoms with Gasteiger partial charge in [0.25, 0.3) is 0 Å². The summed E-state index contributed by atoms with van der Waals surface area (Å²) in [7, 11) is 0. The van der Waals surface area contributed by atoms with E-state index in [1.54, 1.807) is 4.90 Å². The minimum absolute atomic E-state index is 0.314. The van der Waals surface area contributed by atoms with Crippen LogP contribution in [0.5, 0.6) is 0 Å².